The Morgan fingerprint density at radius 3 is 2.87 bits per heavy atom. The van der Waals surface area contributed by atoms with Crippen molar-refractivity contribution < 1.29 is 19.1 Å². The molecule has 7 nitrogen and oxygen atoms in total. The number of aromatic amines is 1. The van der Waals surface area contributed by atoms with Crippen LogP contribution in [-0.4, -0.2) is 47.1 Å². The molecule has 2 atom stereocenters. The number of aromatic nitrogens is 2. The molecule has 0 bridgehead atoms. The Morgan fingerprint density at radius 2 is 2.07 bits per heavy atom. The summed E-state index contributed by atoms with van der Waals surface area (Å²) in [5.41, 5.74) is 5.95. The lowest BCUT2D eigenvalue weighted by Gasteiger charge is -2.45. The van der Waals surface area contributed by atoms with Crippen LogP contribution in [0.25, 0.3) is 10.9 Å². The van der Waals surface area contributed by atoms with Gasteiger partial charge in [0.2, 0.25) is 0 Å². The van der Waals surface area contributed by atoms with Crippen LogP contribution in [-0.2, 0) is 27.1 Å². The van der Waals surface area contributed by atoms with E-state index in [2.05, 4.69) is 33.1 Å². The summed E-state index contributed by atoms with van der Waals surface area (Å²) in [5, 5.41) is 1.25. The Kier molecular flexibility index (Phi) is 4.55. The summed E-state index contributed by atoms with van der Waals surface area (Å²) >= 11 is 0. The number of hydrogen-bond acceptors (Lipinski definition) is 6. The lowest BCUT2D eigenvalue weighted by atomic mass is 9.82. The number of carbonyl (C=O) groups is 2. The minimum atomic E-state index is -0.397. The van der Waals surface area contributed by atoms with Gasteiger partial charge in [0.05, 0.1) is 24.8 Å². The molecule has 1 aromatic carbocycles. The summed E-state index contributed by atoms with van der Waals surface area (Å²) in [6.07, 6.45) is 4.93. The van der Waals surface area contributed by atoms with Crippen molar-refractivity contribution in [3.8, 4) is 0 Å². The molecule has 4 heterocycles. The van der Waals surface area contributed by atoms with E-state index in [0.29, 0.717) is 12.0 Å². The molecule has 7 heteroatoms. The minimum Gasteiger partial charge on any atom is -0.465 e. The average molecular weight is 405 g/mol. The number of rotatable bonds is 3. The van der Waals surface area contributed by atoms with Gasteiger partial charge in [-0.25, -0.2) is 4.79 Å². The van der Waals surface area contributed by atoms with E-state index < -0.39 is 5.97 Å². The van der Waals surface area contributed by atoms with Gasteiger partial charge in [-0.2, -0.15) is 0 Å². The molecule has 0 spiro atoms. The second-order valence-corrected chi connectivity index (χ2v) is 7.84. The molecular formula is C23H23N3O4. The van der Waals surface area contributed by atoms with Gasteiger partial charge in [0, 0.05) is 42.5 Å². The van der Waals surface area contributed by atoms with Gasteiger partial charge in [0.1, 0.15) is 6.61 Å². The highest BCUT2D eigenvalue weighted by atomic mass is 16.5. The molecular weight excluding hydrogens is 382 g/mol. The summed E-state index contributed by atoms with van der Waals surface area (Å²) in [6, 6.07) is 8.22. The normalized spacial score (nSPS) is 20.2. The highest BCUT2D eigenvalue weighted by Gasteiger charge is 2.41. The van der Waals surface area contributed by atoms with Gasteiger partial charge in [-0.3, -0.25) is 14.7 Å². The van der Waals surface area contributed by atoms with Gasteiger partial charge in [-0.15, -0.1) is 0 Å². The zero-order chi connectivity index (χ0) is 20.8. The van der Waals surface area contributed by atoms with Gasteiger partial charge in [0.25, 0.3) is 0 Å². The predicted molar refractivity (Wildman–Crippen MR) is 110 cm³/mol. The zero-order valence-electron chi connectivity index (χ0n) is 17.0. The van der Waals surface area contributed by atoms with Crippen LogP contribution in [0.15, 0.2) is 36.7 Å². The lowest BCUT2D eigenvalue weighted by Crippen LogP contribution is -2.45. The van der Waals surface area contributed by atoms with E-state index >= 15 is 0 Å². The average Bonchev–Trinajstić information content (AvgIpc) is 3.15. The number of hydrogen-bond donors (Lipinski definition) is 1. The quantitative estimate of drug-likeness (QED) is 0.674. The first-order chi connectivity index (χ1) is 14.6. The van der Waals surface area contributed by atoms with Crippen molar-refractivity contribution in [1.82, 2.24) is 14.9 Å². The predicted octanol–water partition coefficient (Wildman–Crippen LogP) is 3.11. The van der Waals surface area contributed by atoms with Gasteiger partial charge >= 0.3 is 11.9 Å². The Hall–Kier alpha value is -3.19. The van der Waals surface area contributed by atoms with Gasteiger partial charge in [-0.1, -0.05) is 18.2 Å². The van der Waals surface area contributed by atoms with Crippen LogP contribution >= 0.6 is 0 Å². The van der Waals surface area contributed by atoms with Crippen LogP contribution in [0.2, 0.25) is 0 Å². The van der Waals surface area contributed by atoms with Gasteiger partial charge < -0.3 is 14.5 Å². The van der Waals surface area contributed by atoms with Gasteiger partial charge in [0.15, 0.2) is 0 Å². The molecule has 1 N–H and O–H groups in total. The summed E-state index contributed by atoms with van der Waals surface area (Å²) in [6.45, 7) is 2.48. The molecule has 2 aliphatic rings. The molecule has 0 aliphatic carbocycles. The SMILES string of the molecule is COC(=O)c1cncc2c1CC1c3[nH]c4ccccc4c3CCN1C2COC(C)=O. The van der Waals surface area contributed by atoms with E-state index in [9.17, 15) is 9.59 Å². The third-order valence-electron chi connectivity index (χ3n) is 6.30. The molecule has 5 rings (SSSR count). The summed E-state index contributed by atoms with van der Waals surface area (Å²) in [5.74, 6) is -0.717. The molecule has 0 saturated heterocycles. The van der Waals surface area contributed by atoms with Crippen LogP contribution in [0, 0.1) is 0 Å². The topological polar surface area (TPSA) is 84.5 Å². The van der Waals surface area contributed by atoms with E-state index in [-0.39, 0.29) is 24.7 Å². The first-order valence-corrected chi connectivity index (χ1v) is 10.1. The van der Waals surface area contributed by atoms with Crippen molar-refractivity contribution in [2.75, 3.05) is 20.3 Å². The Bertz CT molecular complexity index is 1150. The summed E-state index contributed by atoms with van der Waals surface area (Å²) in [4.78, 5) is 34.3. The Labute approximate surface area is 174 Å². The van der Waals surface area contributed by atoms with Crippen LogP contribution in [0.1, 0.15) is 51.7 Å². The first-order valence-electron chi connectivity index (χ1n) is 10.1. The maximum atomic E-state index is 12.4. The van der Waals surface area contributed by atoms with E-state index in [1.165, 1.54) is 30.7 Å². The molecule has 3 aromatic rings. The van der Waals surface area contributed by atoms with Crippen molar-refractivity contribution in [2.45, 2.75) is 31.8 Å². The number of fused-ring (bicyclic) bond motifs is 6. The number of nitrogens with zero attached hydrogens (tertiary/aromatic N) is 2. The van der Waals surface area contributed by atoms with Crippen molar-refractivity contribution in [1.29, 1.82) is 0 Å². The molecule has 0 saturated carbocycles. The smallest absolute Gasteiger partial charge is 0.339 e. The number of para-hydroxylation sites is 1. The Balaban J connectivity index is 1.65. The van der Waals surface area contributed by atoms with Crippen LogP contribution < -0.4 is 0 Å². The Morgan fingerprint density at radius 1 is 1.23 bits per heavy atom. The molecule has 2 aromatic heterocycles. The molecule has 30 heavy (non-hydrogen) atoms. The van der Waals surface area contributed by atoms with Crippen molar-refractivity contribution >= 4 is 22.8 Å². The highest BCUT2D eigenvalue weighted by molar-refractivity contribution is 5.91. The number of esters is 2. The highest BCUT2D eigenvalue weighted by Crippen LogP contribution is 2.45. The second-order valence-electron chi connectivity index (χ2n) is 7.84. The maximum Gasteiger partial charge on any atom is 0.339 e. The number of methoxy groups -OCH3 is 1. The minimum absolute atomic E-state index is 0.0556. The van der Waals surface area contributed by atoms with Crippen LogP contribution in [0.3, 0.4) is 0 Å². The first kappa shape index (κ1) is 18.8. The number of pyridine rings is 1. The fourth-order valence-electron chi connectivity index (χ4n) is 4.99. The number of H-pyrrole nitrogens is 1. The molecule has 154 valence electrons. The maximum absolute atomic E-state index is 12.4. The van der Waals surface area contributed by atoms with E-state index in [1.807, 2.05) is 6.07 Å². The molecule has 0 radical (unpaired) electrons. The van der Waals surface area contributed by atoms with Crippen LogP contribution in [0.5, 0.6) is 0 Å². The summed E-state index contributed by atoms with van der Waals surface area (Å²) < 4.78 is 10.4. The van der Waals surface area contributed by atoms with Crippen LogP contribution in [0.4, 0.5) is 0 Å². The van der Waals surface area contributed by atoms with Crippen molar-refractivity contribution in [3.05, 3.63) is 64.6 Å². The molecule has 2 aliphatic heterocycles. The van der Waals surface area contributed by atoms with Gasteiger partial charge in [-0.05, 0) is 35.6 Å². The third kappa shape index (κ3) is 2.89. The van der Waals surface area contributed by atoms with E-state index in [1.54, 1.807) is 12.4 Å². The number of nitrogens with one attached hydrogen (secondary N) is 1. The number of ether oxygens (including phenoxy) is 2. The number of benzene rings is 1. The molecule has 0 amide bonds. The van der Waals surface area contributed by atoms with E-state index in [4.69, 9.17) is 9.47 Å². The molecule has 2 unspecified atom stereocenters. The largest absolute Gasteiger partial charge is 0.465 e. The van der Waals surface area contributed by atoms with Crippen molar-refractivity contribution in [3.63, 3.8) is 0 Å². The zero-order valence-corrected chi connectivity index (χ0v) is 17.0. The fraction of sp³-hybridized carbons (Fsp3) is 0.348. The lowest BCUT2D eigenvalue weighted by molar-refractivity contribution is -0.143. The standard InChI is InChI=1S/C23H23N3O4/c1-13(27)30-12-21-17-10-24-11-18(23(28)29-2)16(17)9-20-22-15(7-8-26(20)21)14-5-3-4-6-19(14)25-22/h3-6,10-11,20-21,25H,7-9,12H2,1-2H3. The summed E-state index contributed by atoms with van der Waals surface area (Å²) in [7, 11) is 1.38. The third-order valence-corrected chi connectivity index (χ3v) is 6.30. The molecule has 0 fully saturated rings. The van der Waals surface area contributed by atoms with Crippen molar-refractivity contribution in [2.24, 2.45) is 0 Å². The monoisotopic (exact) mass is 405 g/mol. The fourth-order valence-corrected chi connectivity index (χ4v) is 4.99. The number of carbonyl (C=O) groups excluding carboxylic acids is 2. The second kappa shape index (κ2) is 7.25. The van der Waals surface area contributed by atoms with E-state index in [0.717, 1.165) is 29.6 Å².